The van der Waals surface area contributed by atoms with Crippen molar-refractivity contribution >= 4 is 18.2 Å². The summed E-state index contributed by atoms with van der Waals surface area (Å²) < 4.78 is 0. The largest absolute Gasteiger partial charge is 0.409 e. The lowest BCUT2D eigenvalue weighted by molar-refractivity contribution is -0.119. The second kappa shape index (κ2) is 6.05. The van der Waals surface area contributed by atoms with Gasteiger partial charge in [-0.15, -0.1) is 0 Å². The van der Waals surface area contributed by atoms with Crippen LogP contribution in [0.1, 0.15) is 15.9 Å². The molecule has 1 fully saturated rings. The number of hydrogen-bond donors (Lipinski definition) is 2. The molecule has 7 nitrogen and oxygen atoms in total. The first-order chi connectivity index (χ1) is 9.65. The second-order valence-corrected chi connectivity index (χ2v) is 4.50. The van der Waals surface area contributed by atoms with Gasteiger partial charge < -0.3 is 20.7 Å². The minimum atomic E-state index is -0.0818. The molecule has 1 heterocycles. The Kier molecular flexibility index (Phi) is 4.19. The van der Waals surface area contributed by atoms with Crippen LogP contribution in [0.5, 0.6) is 0 Å². The number of nitrogens with two attached hydrogens (primary N) is 1. The van der Waals surface area contributed by atoms with Gasteiger partial charge in [0.25, 0.3) is 5.91 Å². The van der Waals surface area contributed by atoms with Crippen LogP contribution in [0.2, 0.25) is 0 Å². The number of carbonyl (C=O) groups is 2. The number of nitrogens with zero attached hydrogens (tertiary/aromatic N) is 3. The van der Waals surface area contributed by atoms with Crippen molar-refractivity contribution < 1.29 is 14.8 Å². The molecule has 1 aliphatic heterocycles. The summed E-state index contributed by atoms with van der Waals surface area (Å²) in [6, 6.07) is 6.54. The molecule has 1 aromatic rings. The number of hydrogen-bond acceptors (Lipinski definition) is 4. The van der Waals surface area contributed by atoms with Crippen molar-refractivity contribution in [2.45, 2.75) is 0 Å². The maximum Gasteiger partial charge on any atom is 0.253 e. The van der Waals surface area contributed by atoms with Gasteiger partial charge in [0.15, 0.2) is 5.84 Å². The molecule has 7 heteroatoms. The lowest BCUT2D eigenvalue weighted by Gasteiger charge is -2.32. The maximum absolute atomic E-state index is 12.3. The molecule has 2 amide bonds. The topological polar surface area (TPSA) is 99.2 Å². The van der Waals surface area contributed by atoms with Crippen molar-refractivity contribution in [2.24, 2.45) is 10.9 Å². The maximum atomic E-state index is 12.3. The molecule has 3 N–H and O–H groups in total. The van der Waals surface area contributed by atoms with Crippen molar-refractivity contribution in [1.29, 1.82) is 0 Å². The third kappa shape index (κ3) is 2.87. The Morgan fingerprint density at radius 1 is 1.15 bits per heavy atom. The number of amidine groups is 1. The van der Waals surface area contributed by atoms with Gasteiger partial charge in [-0.2, -0.15) is 0 Å². The van der Waals surface area contributed by atoms with E-state index >= 15 is 0 Å². The first-order valence-corrected chi connectivity index (χ1v) is 6.22. The van der Waals surface area contributed by atoms with E-state index in [1.54, 1.807) is 34.1 Å². The molecule has 1 aromatic carbocycles. The van der Waals surface area contributed by atoms with E-state index in [-0.39, 0.29) is 11.7 Å². The highest BCUT2D eigenvalue weighted by Gasteiger charge is 2.21. The predicted octanol–water partition coefficient (Wildman–Crippen LogP) is -0.305. The van der Waals surface area contributed by atoms with Crippen LogP contribution in [0, 0.1) is 0 Å². The van der Waals surface area contributed by atoms with E-state index in [0.717, 1.165) is 6.41 Å². The molecule has 20 heavy (non-hydrogen) atoms. The summed E-state index contributed by atoms with van der Waals surface area (Å²) in [7, 11) is 0. The van der Waals surface area contributed by atoms with E-state index in [1.807, 2.05) is 0 Å². The quantitative estimate of drug-likeness (QED) is 0.260. The van der Waals surface area contributed by atoms with E-state index in [2.05, 4.69) is 5.16 Å². The molecule has 0 unspecified atom stereocenters. The van der Waals surface area contributed by atoms with Gasteiger partial charge >= 0.3 is 0 Å². The average molecular weight is 276 g/mol. The highest BCUT2D eigenvalue weighted by molar-refractivity contribution is 5.99. The molecule has 0 radical (unpaired) electrons. The standard InChI is InChI=1S/C13H16N4O3/c14-12(15-20)10-1-3-11(4-2-10)13(19)17-7-5-16(9-18)6-8-17/h1-4,9,20H,5-8H2,(H2,14,15). The van der Waals surface area contributed by atoms with Gasteiger partial charge in [-0.3, -0.25) is 9.59 Å². The van der Waals surface area contributed by atoms with Crippen LogP contribution in [0.15, 0.2) is 29.4 Å². The fraction of sp³-hybridized carbons (Fsp3) is 0.308. The van der Waals surface area contributed by atoms with Crippen LogP contribution >= 0.6 is 0 Å². The van der Waals surface area contributed by atoms with Crippen LogP contribution in [0.4, 0.5) is 0 Å². The lowest BCUT2D eigenvalue weighted by Crippen LogP contribution is -2.48. The van der Waals surface area contributed by atoms with Crippen molar-refractivity contribution in [1.82, 2.24) is 9.80 Å². The van der Waals surface area contributed by atoms with Gasteiger partial charge in [0.05, 0.1) is 0 Å². The predicted molar refractivity (Wildman–Crippen MR) is 72.5 cm³/mol. The van der Waals surface area contributed by atoms with Crippen molar-refractivity contribution in [3.05, 3.63) is 35.4 Å². The number of benzene rings is 1. The third-order valence-corrected chi connectivity index (χ3v) is 3.29. The van der Waals surface area contributed by atoms with E-state index in [1.165, 1.54) is 0 Å². The van der Waals surface area contributed by atoms with Crippen LogP contribution in [0.25, 0.3) is 0 Å². The normalized spacial score (nSPS) is 16.1. The van der Waals surface area contributed by atoms with Gasteiger partial charge in [-0.05, 0) is 12.1 Å². The van der Waals surface area contributed by atoms with Crippen LogP contribution in [0.3, 0.4) is 0 Å². The number of rotatable bonds is 3. The van der Waals surface area contributed by atoms with Crippen molar-refractivity contribution in [2.75, 3.05) is 26.2 Å². The monoisotopic (exact) mass is 276 g/mol. The number of amides is 2. The molecule has 0 bridgehead atoms. The fourth-order valence-corrected chi connectivity index (χ4v) is 2.05. The van der Waals surface area contributed by atoms with Gasteiger partial charge in [0, 0.05) is 37.3 Å². The Morgan fingerprint density at radius 3 is 2.20 bits per heavy atom. The molecule has 0 saturated carbocycles. The van der Waals surface area contributed by atoms with Gasteiger partial charge in [0.1, 0.15) is 0 Å². The van der Waals surface area contributed by atoms with Gasteiger partial charge in [-0.1, -0.05) is 17.3 Å². The molecule has 0 aliphatic carbocycles. The summed E-state index contributed by atoms with van der Waals surface area (Å²) in [6.45, 7) is 2.16. The summed E-state index contributed by atoms with van der Waals surface area (Å²) in [5.74, 6) is -0.0785. The Balaban J connectivity index is 2.04. The van der Waals surface area contributed by atoms with Crippen LogP contribution < -0.4 is 5.73 Å². The number of piperazine rings is 1. The molecule has 0 aromatic heterocycles. The van der Waals surface area contributed by atoms with E-state index < -0.39 is 0 Å². The van der Waals surface area contributed by atoms with Gasteiger partial charge in [0.2, 0.25) is 6.41 Å². The average Bonchev–Trinajstić information content (AvgIpc) is 2.53. The number of carbonyl (C=O) groups excluding carboxylic acids is 2. The molecule has 2 rings (SSSR count). The molecule has 0 atom stereocenters. The van der Waals surface area contributed by atoms with E-state index in [9.17, 15) is 9.59 Å². The molecule has 1 aliphatic rings. The Bertz CT molecular complexity index is 519. The smallest absolute Gasteiger partial charge is 0.253 e. The lowest BCUT2D eigenvalue weighted by atomic mass is 10.1. The minimum Gasteiger partial charge on any atom is -0.409 e. The van der Waals surface area contributed by atoms with Gasteiger partial charge in [-0.25, -0.2) is 0 Å². The summed E-state index contributed by atoms with van der Waals surface area (Å²) in [5.41, 5.74) is 6.55. The fourth-order valence-electron chi connectivity index (χ4n) is 2.05. The zero-order valence-corrected chi connectivity index (χ0v) is 10.9. The first kappa shape index (κ1) is 13.9. The summed E-state index contributed by atoms with van der Waals surface area (Å²) in [4.78, 5) is 26.2. The zero-order chi connectivity index (χ0) is 14.5. The summed E-state index contributed by atoms with van der Waals surface area (Å²) in [5, 5.41) is 11.5. The molecule has 0 spiro atoms. The molecule has 1 saturated heterocycles. The SMILES string of the molecule is NC(=NO)c1ccc(C(=O)N2CCN(C=O)CC2)cc1. The van der Waals surface area contributed by atoms with Crippen molar-refractivity contribution in [3.8, 4) is 0 Å². The summed E-state index contributed by atoms with van der Waals surface area (Å²) >= 11 is 0. The zero-order valence-electron chi connectivity index (χ0n) is 10.9. The first-order valence-electron chi connectivity index (χ1n) is 6.22. The third-order valence-electron chi connectivity index (χ3n) is 3.29. The minimum absolute atomic E-state index is 0.00333. The molecular weight excluding hydrogens is 260 g/mol. The van der Waals surface area contributed by atoms with Crippen LogP contribution in [-0.2, 0) is 4.79 Å². The van der Waals surface area contributed by atoms with E-state index in [0.29, 0.717) is 37.3 Å². The molecule has 106 valence electrons. The second-order valence-electron chi connectivity index (χ2n) is 4.50. The highest BCUT2D eigenvalue weighted by Crippen LogP contribution is 2.10. The summed E-state index contributed by atoms with van der Waals surface area (Å²) in [6.07, 6.45) is 0.799. The van der Waals surface area contributed by atoms with Crippen LogP contribution in [-0.4, -0.2) is 59.3 Å². The van der Waals surface area contributed by atoms with Crippen molar-refractivity contribution in [3.63, 3.8) is 0 Å². The van der Waals surface area contributed by atoms with E-state index in [4.69, 9.17) is 10.9 Å². The Labute approximate surface area is 116 Å². The Morgan fingerprint density at radius 2 is 1.70 bits per heavy atom. The molecular formula is C13H16N4O3. The highest BCUT2D eigenvalue weighted by atomic mass is 16.4. The Hall–Kier alpha value is -2.57. The number of oxime groups is 1.